The zero-order chi connectivity index (χ0) is 32.2. The lowest BCUT2D eigenvalue weighted by Crippen LogP contribution is -2.54. The van der Waals surface area contributed by atoms with Crippen molar-refractivity contribution in [2.45, 2.75) is 104 Å². The second-order valence-corrected chi connectivity index (χ2v) is 13.8. The van der Waals surface area contributed by atoms with E-state index < -0.39 is 36.0 Å². The predicted octanol–water partition coefficient (Wildman–Crippen LogP) is 4.50. The second-order valence-electron chi connectivity index (χ2n) is 13.8. The van der Waals surface area contributed by atoms with E-state index >= 15 is 0 Å². The molecule has 5 atom stereocenters. The maximum Gasteiger partial charge on any atom is 0.329 e. The Morgan fingerprint density at radius 1 is 0.977 bits per heavy atom. The highest BCUT2D eigenvalue weighted by Crippen LogP contribution is 2.57. The van der Waals surface area contributed by atoms with Crippen molar-refractivity contribution in [3.05, 3.63) is 59.7 Å². The second kappa shape index (κ2) is 13.6. The normalized spacial score (nSPS) is 22.6. The molecule has 1 aliphatic heterocycles. The Balaban J connectivity index is 1.43. The number of nitrogens with one attached hydrogen (secondary N) is 1. The van der Waals surface area contributed by atoms with Crippen LogP contribution in [0, 0.1) is 16.7 Å². The minimum atomic E-state index is -1.50. The molecule has 0 spiro atoms. The van der Waals surface area contributed by atoms with Crippen LogP contribution in [0.1, 0.15) is 77.8 Å². The molecule has 1 aliphatic carbocycles. The quantitative estimate of drug-likeness (QED) is 0.218. The summed E-state index contributed by atoms with van der Waals surface area (Å²) in [7, 11) is 0. The van der Waals surface area contributed by atoms with Crippen LogP contribution < -0.4 is 5.32 Å². The van der Waals surface area contributed by atoms with Crippen LogP contribution in [-0.4, -0.2) is 68.8 Å². The number of carbonyl (C=O) groups excluding carboxylic acids is 3. The molecule has 4 rings (SSSR count). The van der Waals surface area contributed by atoms with Gasteiger partial charge in [0.25, 0.3) is 0 Å². The molecule has 9 heteroatoms. The Bertz CT molecular complexity index is 1330. The first kappa shape index (κ1) is 33.3. The van der Waals surface area contributed by atoms with E-state index in [0.717, 1.165) is 24.8 Å². The molecule has 2 aromatic carbocycles. The molecule has 5 unspecified atom stereocenters. The molecule has 2 amide bonds. The third-order valence-electron chi connectivity index (χ3n) is 10.3. The van der Waals surface area contributed by atoms with Crippen LogP contribution in [0.15, 0.2) is 48.5 Å². The van der Waals surface area contributed by atoms with Crippen molar-refractivity contribution < 1.29 is 34.4 Å². The topological polar surface area (TPSA) is 136 Å². The first-order valence-corrected chi connectivity index (χ1v) is 15.7. The van der Waals surface area contributed by atoms with Gasteiger partial charge in [0.1, 0.15) is 18.2 Å². The van der Waals surface area contributed by atoms with Crippen LogP contribution in [0.4, 0.5) is 0 Å². The average Bonchev–Trinajstić information content (AvgIpc) is 3.53. The lowest BCUT2D eigenvalue weighted by molar-refractivity contribution is -0.159. The number of amides is 2. The molecule has 0 bridgehead atoms. The molecule has 2 aromatic rings. The number of esters is 1. The SMILES string of the molecule is CC(CC1CCC(C)(C)C1(C)C)OC(=O)C1CCCN1C(=O)C(Cc1ccccc1)NC(=O)C(O)Cc1ccc(O)c(O)c1. The van der Waals surface area contributed by atoms with Crippen LogP contribution in [-0.2, 0) is 32.0 Å². The van der Waals surface area contributed by atoms with Crippen molar-refractivity contribution in [1.29, 1.82) is 0 Å². The van der Waals surface area contributed by atoms with Gasteiger partial charge in [0.2, 0.25) is 11.8 Å². The number of carbonyl (C=O) groups is 3. The molecular weight excluding hydrogens is 560 g/mol. The summed E-state index contributed by atoms with van der Waals surface area (Å²) >= 11 is 0. The first-order valence-electron chi connectivity index (χ1n) is 15.7. The zero-order valence-corrected chi connectivity index (χ0v) is 26.6. The summed E-state index contributed by atoms with van der Waals surface area (Å²) in [5, 5.41) is 32.7. The van der Waals surface area contributed by atoms with Gasteiger partial charge in [-0.1, -0.05) is 64.1 Å². The van der Waals surface area contributed by atoms with Gasteiger partial charge < -0.3 is 30.3 Å². The molecular formula is C35H48N2O7. The summed E-state index contributed by atoms with van der Waals surface area (Å²) in [6.07, 6.45) is 2.39. The Morgan fingerprint density at radius 3 is 2.32 bits per heavy atom. The molecule has 240 valence electrons. The largest absolute Gasteiger partial charge is 0.504 e. The van der Waals surface area contributed by atoms with Gasteiger partial charge in [0.15, 0.2) is 11.5 Å². The highest BCUT2D eigenvalue weighted by Gasteiger charge is 2.49. The monoisotopic (exact) mass is 608 g/mol. The number of hydrogen-bond donors (Lipinski definition) is 4. The number of nitrogens with zero attached hydrogens (tertiary/aromatic N) is 1. The van der Waals surface area contributed by atoms with E-state index in [1.54, 1.807) is 0 Å². The van der Waals surface area contributed by atoms with E-state index in [-0.39, 0.29) is 41.3 Å². The summed E-state index contributed by atoms with van der Waals surface area (Å²) in [5.41, 5.74) is 1.60. The number of likely N-dealkylation sites (tertiary alicyclic amines) is 1. The number of phenolic OH excluding ortho intramolecular Hbond substituents is 2. The number of aliphatic hydroxyl groups excluding tert-OH is 1. The number of benzene rings is 2. The Kier molecular flexibility index (Phi) is 10.3. The molecule has 0 radical (unpaired) electrons. The summed E-state index contributed by atoms with van der Waals surface area (Å²) in [5.74, 6) is -1.80. The maximum atomic E-state index is 13.9. The van der Waals surface area contributed by atoms with Crippen molar-refractivity contribution in [3.8, 4) is 11.5 Å². The van der Waals surface area contributed by atoms with E-state index in [0.29, 0.717) is 30.9 Å². The van der Waals surface area contributed by atoms with Crippen molar-refractivity contribution in [3.63, 3.8) is 0 Å². The molecule has 2 fully saturated rings. The van der Waals surface area contributed by atoms with Crippen molar-refractivity contribution in [1.82, 2.24) is 10.2 Å². The lowest BCUT2D eigenvalue weighted by atomic mass is 9.66. The van der Waals surface area contributed by atoms with E-state index in [9.17, 15) is 29.7 Å². The lowest BCUT2D eigenvalue weighted by Gasteiger charge is -2.40. The Morgan fingerprint density at radius 2 is 1.68 bits per heavy atom. The molecule has 0 aromatic heterocycles. The third kappa shape index (κ3) is 7.54. The van der Waals surface area contributed by atoms with Crippen LogP contribution >= 0.6 is 0 Å². The van der Waals surface area contributed by atoms with Crippen molar-refractivity contribution in [2.24, 2.45) is 16.7 Å². The number of phenols is 2. The van der Waals surface area contributed by atoms with Crippen LogP contribution in [0.5, 0.6) is 11.5 Å². The van der Waals surface area contributed by atoms with Crippen LogP contribution in [0.3, 0.4) is 0 Å². The Hall–Kier alpha value is -3.59. The fourth-order valence-corrected chi connectivity index (χ4v) is 6.71. The van der Waals surface area contributed by atoms with Gasteiger partial charge in [-0.25, -0.2) is 4.79 Å². The van der Waals surface area contributed by atoms with Crippen LogP contribution in [0.2, 0.25) is 0 Å². The number of hydrogen-bond acceptors (Lipinski definition) is 7. The fraction of sp³-hybridized carbons (Fsp3) is 0.571. The van der Waals surface area contributed by atoms with E-state index in [1.165, 1.54) is 23.1 Å². The molecule has 44 heavy (non-hydrogen) atoms. The number of rotatable bonds is 11. The molecule has 9 nitrogen and oxygen atoms in total. The summed E-state index contributed by atoms with van der Waals surface area (Å²) in [6, 6.07) is 11.5. The fourth-order valence-electron chi connectivity index (χ4n) is 6.71. The molecule has 1 saturated carbocycles. The molecule has 2 aliphatic rings. The number of ether oxygens (including phenoxy) is 1. The van der Waals surface area contributed by atoms with Crippen LogP contribution in [0.25, 0.3) is 0 Å². The maximum absolute atomic E-state index is 13.9. The average molecular weight is 609 g/mol. The Labute approximate surface area is 260 Å². The van der Waals surface area contributed by atoms with Gasteiger partial charge in [-0.05, 0) is 79.0 Å². The predicted molar refractivity (Wildman–Crippen MR) is 167 cm³/mol. The third-order valence-corrected chi connectivity index (χ3v) is 10.3. The first-order chi connectivity index (χ1) is 20.7. The highest BCUT2D eigenvalue weighted by atomic mass is 16.5. The number of aliphatic hydroxyl groups is 1. The van der Waals surface area contributed by atoms with Gasteiger partial charge >= 0.3 is 5.97 Å². The highest BCUT2D eigenvalue weighted by molar-refractivity contribution is 5.92. The minimum absolute atomic E-state index is 0.124. The van der Waals surface area contributed by atoms with Gasteiger partial charge in [0, 0.05) is 19.4 Å². The smallest absolute Gasteiger partial charge is 0.329 e. The van der Waals surface area contributed by atoms with Crippen molar-refractivity contribution in [2.75, 3.05) is 6.54 Å². The van der Waals surface area contributed by atoms with E-state index in [1.807, 2.05) is 37.3 Å². The number of aromatic hydroxyl groups is 2. The molecule has 1 heterocycles. The zero-order valence-electron chi connectivity index (χ0n) is 26.6. The molecule has 1 saturated heterocycles. The van der Waals surface area contributed by atoms with E-state index in [2.05, 4.69) is 33.0 Å². The van der Waals surface area contributed by atoms with Crippen molar-refractivity contribution >= 4 is 17.8 Å². The summed E-state index contributed by atoms with van der Waals surface area (Å²) in [6.45, 7) is 11.5. The standard InChI is InChI=1S/C35H48N2O7/c1-22(18-25-15-16-34(2,3)35(25,4)5)44-33(43)27-12-9-17-37(27)32(42)26(19-23-10-7-6-8-11-23)36-31(41)30(40)21-24-13-14-28(38)29(39)20-24/h6-8,10-11,13-14,20,22,25-27,30,38-40H,9,12,15-19,21H2,1-5H3,(H,36,41). The minimum Gasteiger partial charge on any atom is -0.504 e. The summed E-state index contributed by atoms with van der Waals surface area (Å²) < 4.78 is 5.94. The molecule has 4 N–H and O–H groups in total. The van der Waals surface area contributed by atoms with Gasteiger partial charge in [-0.3, -0.25) is 9.59 Å². The van der Waals surface area contributed by atoms with Gasteiger partial charge in [-0.15, -0.1) is 0 Å². The van der Waals surface area contributed by atoms with Gasteiger partial charge in [-0.2, -0.15) is 0 Å². The van der Waals surface area contributed by atoms with Gasteiger partial charge in [0.05, 0.1) is 6.10 Å². The summed E-state index contributed by atoms with van der Waals surface area (Å²) in [4.78, 5) is 42.0. The van der Waals surface area contributed by atoms with E-state index in [4.69, 9.17) is 4.74 Å².